The van der Waals surface area contributed by atoms with Gasteiger partial charge in [-0.05, 0) is 19.1 Å². The molecular weight excluding hydrogens is 260 g/mol. The fourth-order valence-electron chi connectivity index (χ4n) is 2.36. The maximum atomic E-state index is 11.8. The van der Waals surface area contributed by atoms with Crippen LogP contribution in [0.5, 0.6) is 0 Å². The normalized spacial score (nSPS) is 33.7. The van der Waals surface area contributed by atoms with Gasteiger partial charge in [-0.25, -0.2) is 4.79 Å². The largest absolute Gasteiger partial charge is 0.459 e. The Labute approximate surface area is 118 Å². The Balaban J connectivity index is 1.92. The van der Waals surface area contributed by atoms with Gasteiger partial charge in [0.2, 0.25) is 0 Å². The highest BCUT2D eigenvalue weighted by molar-refractivity contribution is 5.89. The molecule has 2 N–H and O–H groups in total. The molecule has 20 heavy (non-hydrogen) atoms. The molecule has 0 unspecified atom stereocenters. The van der Waals surface area contributed by atoms with Gasteiger partial charge < -0.3 is 19.7 Å². The third kappa shape index (κ3) is 3.17. The summed E-state index contributed by atoms with van der Waals surface area (Å²) in [6.07, 6.45) is -2.58. The SMILES string of the molecule is C[C@@H]1[C@@H](O)[C@H](C)O[C@H](COC(=O)c2ccccc2)[C@H]1O. The van der Waals surface area contributed by atoms with Gasteiger partial charge in [0.1, 0.15) is 12.7 Å². The molecule has 0 bridgehead atoms. The van der Waals surface area contributed by atoms with Crippen LogP contribution in [0.1, 0.15) is 24.2 Å². The summed E-state index contributed by atoms with van der Waals surface area (Å²) in [4.78, 5) is 11.8. The van der Waals surface area contributed by atoms with Crippen molar-refractivity contribution in [1.82, 2.24) is 0 Å². The average Bonchev–Trinajstić information content (AvgIpc) is 2.48. The molecule has 110 valence electrons. The maximum Gasteiger partial charge on any atom is 0.338 e. The monoisotopic (exact) mass is 280 g/mol. The number of carbonyl (C=O) groups excluding carboxylic acids is 1. The first-order chi connectivity index (χ1) is 9.50. The van der Waals surface area contributed by atoms with Crippen LogP contribution in [0, 0.1) is 5.92 Å². The van der Waals surface area contributed by atoms with Crippen LogP contribution in [0.25, 0.3) is 0 Å². The Hall–Kier alpha value is -1.43. The Morgan fingerprint density at radius 1 is 1.20 bits per heavy atom. The van der Waals surface area contributed by atoms with E-state index in [2.05, 4.69) is 0 Å². The molecule has 0 amide bonds. The van der Waals surface area contributed by atoms with Gasteiger partial charge in [0.25, 0.3) is 0 Å². The van der Waals surface area contributed by atoms with E-state index in [1.165, 1.54) is 0 Å². The van der Waals surface area contributed by atoms with E-state index in [4.69, 9.17) is 9.47 Å². The minimum atomic E-state index is -0.857. The molecule has 1 aliphatic heterocycles. The fourth-order valence-corrected chi connectivity index (χ4v) is 2.36. The Morgan fingerprint density at radius 3 is 2.50 bits per heavy atom. The maximum absolute atomic E-state index is 11.8. The summed E-state index contributed by atoms with van der Waals surface area (Å²) in [7, 11) is 0. The van der Waals surface area contributed by atoms with Crippen LogP contribution >= 0.6 is 0 Å². The van der Waals surface area contributed by atoms with Crippen LogP contribution in [0.15, 0.2) is 30.3 Å². The van der Waals surface area contributed by atoms with Crippen molar-refractivity contribution in [3.05, 3.63) is 35.9 Å². The molecule has 2 rings (SSSR count). The number of rotatable bonds is 3. The van der Waals surface area contributed by atoms with Gasteiger partial charge in [0.15, 0.2) is 0 Å². The zero-order valence-corrected chi connectivity index (χ0v) is 11.6. The standard InChI is InChI=1S/C15H20O5/c1-9-13(16)10(2)20-12(14(9)17)8-19-15(18)11-6-4-3-5-7-11/h3-7,9-10,12-14,16-17H,8H2,1-2H3/t9-,10+,12-,13-,14+/m1/s1. The first kappa shape index (κ1) is 15.0. The molecule has 0 aromatic heterocycles. The van der Waals surface area contributed by atoms with Crippen LogP contribution in [-0.2, 0) is 9.47 Å². The lowest BCUT2D eigenvalue weighted by atomic mass is 9.88. The van der Waals surface area contributed by atoms with Crippen LogP contribution < -0.4 is 0 Å². The highest BCUT2D eigenvalue weighted by Gasteiger charge is 2.40. The van der Waals surface area contributed by atoms with E-state index >= 15 is 0 Å². The molecule has 1 saturated heterocycles. The van der Waals surface area contributed by atoms with Crippen molar-refractivity contribution in [1.29, 1.82) is 0 Å². The van der Waals surface area contributed by atoms with Crippen LogP contribution in [0.3, 0.4) is 0 Å². The number of esters is 1. The Bertz CT molecular complexity index is 447. The van der Waals surface area contributed by atoms with Crippen molar-refractivity contribution in [3.63, 3.8) is 0 Å². The van der Waals surface area contributed by atoms with Gasteiger partial charge in [-0.3, -0.25) is 0 Å². The predicted molar refractivity (Wildman–Crippen MR) is 72.2 cm³/mol. The first-order valence-electron chi connectivity index (χ1n) is 6.74. The molecular formula is C15H20O5. The summed E-state index contributed by atoms with van der Waals surface area (Å²) in [6, 6.07) is 8.65. The molecule has 5 nitrogen and oxygen atoms in total. The van der Waals surface area contributed by atoms with E-state index in [9.17, 15) is 15.0 Å². The Morgan fingerprint density at radius 2 is 1.85 bits per heavy atom. The van der Waals surface area contributed by atoms with Crippen LogP contribution in [0.2, 0.25) is 0 Å². The summed E-state index contributed by atoms with van der Waals surface area (Å²) in [6.45, 7) is 3.45. The quantitative estimate of drug-likeness (QED) is 0.807. The molecule has 0 radical (unpaired) electrons. The van der Waals surface area contributed by atoms with Crippen molar-refractivity contribution in [2.75, 3.05) is 6.61 Å². The van der Waals surface area contributed by atoms with Gasteiger partial charge in [0.05, 0.1) is 23.9 Å². The molecule has 1 aliphatic rings. The van der Waals surface area contributed by atoms with E-state index in [-0.39, 0.29) is 12.5 Å². The minimum absolute atomic E-state index is 0.0315. The zero-order valence-electron chi connectivity index (χ0n) is 11.6. The molecule has 5 heteroatoms. The van der Waals surface area contributed by atoms with Crippen molar-refractivity contribution in [2.45, 2.75) is 38.3 Å². The average molecular weight is 280 g/mol. The summed E-state index contributed by atoms with van der Waals surface area (Å²) >= 11 is 0. The topological polar surface area (TPSA) is 76.0 Å². The van der Waals surface area contributed by atoms with Gasteiger partial charge in [-0.2, -0.15) is 0 Å². The molecule has 1 fully saturated rings. The smallest absolute Gasteiger partial charge is 0.338 e. The molecule has 1 aromatic rings. The van der Waals surface area contributed by atoms with Gasteiger partial charge in [-0.15, -0.1) is 0 Å². The highest BCUT2D eigenvalue weighted by Crippen LogP contribution is 2.26. The predicted octanol–water partition coefficient (Wildman–Crippen LogP) is 0.989. The third-order valence-corrected chi connectivity index (χ3v) is 3.72. The summed E-state index contributed by atoms with van der Waals surface area (Å²) in [5.41, 5.74) is 0.457. The second kappa shape index (κ2) is 6.35. The number of benzene rings is 1. The zero-order chi connectivity index (χ0) is 14.7. The summed E-state index contributed by atoms with van der Waals surface area (Å²) < 4.78 is 10.7. The lowest BCUT2D eigenvalue weighted by molar-refractivity contribution is -0.199. The molecule has 0 aliphatic carbocycles. The van der Waals surface area contributed by atoms with E-state index < -0.39 is 30.4 Å². The first-order valence-corrected chi connectivity index (χ1v) is 6.74. The number of carbonyl (C=O) groups is 1. The van der Waals surface area contributed by atoms with Crippen molar-refractivity contribution < 1.29 is 24.5 Å². The van der Waals surface area contributed by atoms with Crippen LogP contribution in [-0.4, -0.2) is 47.2 Å². The molecule has 1 heterocycles. The van der Waals surface area contributed by atoms with Crippen LogP contribution in [0.4, 0.5) is 0 Å². The summed E-state index contributed by atoms with van der Waals surface area (Å²) in [5.74, 6) is -0.771. The van der Waals surface area contributed by atoms with E-state index in [0.29, 0.717) is 5.56 Å². The molecule has 0 saturated carbocycles. The van der Waals surface area contributed by atoms with Crippen molar-refractivity contribution in [3.8, 4) is 0 Å². The van der Waals surface area contributed by atoms with E-state index in [1.807, 2.05) is 6.07 Å². The number of ether oxygens (including phenoxy) is 2. The summed E-state index contributed by atoms with van der Waals surface area (Å²) in [5, 5.41) is 19.8. The second-order valence-corrected chi connectivity index (χ2v) is 5.18. The number of hydrogen-bond acceptors (Lipinski definition) is 5. The Kier molecular flexibility index (Phi) is 4.75. The second-order valence-electron chi connectivity index (χ2n) is 5.18. The molecule has 0 spiro atoms. The molecule has 5 atom stereocenters. The minimum Gasteiger partial charge on any atom is -0.459 e. The van der Waals surface area contributed by atoms with Crippen molar-refractivity contribution in [2.24, 2.45) is 5.92 Å². The van der Waals surface area contributed by atoms with Crippen molar-refractivity contribution >= 4 is 5.97 Å². The number of aliphatic hydroxyl groups excluding tert-OH is 2. The third-order valence-electron chi connectivity index (χ3n) is 3.72. The lowest BCUT2D eigenvalue weighted by Gasteiger charge is -2.40. The fraction of sp³-hybridized carbons (Fsp3) is 0.533. The van der Waals surface area contributed by atoms with E-state index in [1.54, 1.807) is 38.1 Å². The van der Waals surface area contributed by atoms with Gasteiger partial charge in [0, 0.05) is 5.92 Å². The number of aliphatic hydroxyl groups is 2. The highest BCUT2D eigenvalue weighted by atomic mass is 16.6. The van der Waals surface area contributed by atoms with Gasteiger partial charge >= 0.3 is 5.97 Å². The number of hydrogen-bond donors (Lipinski definition) is 2. The van der Waals surface area contributed by atoms with Gasteiger partial charge in [-0.1, -0.05) is 25.1 Å². The molecule has 1 aromatic carbocycles. The van der Waals surface area contributed by atoms with E-state index in [0.717, 1.165) is 0 Å². The lowest BCUT2D eigenvalue weighted by Crippen LogP contribution is -2.53.